The third-order valence-corrected chi connectivity index (χ3v) is 2.95. The van der Waals surface area contributed by atoms with Crippen molar-refractivity contribution in [2.75, 3.05) is 12.5 Å². The number of benzene rings is 1. The summed E-state index contributed by atoms with van der Waals surface area (Å²) in [6.07, 6.45) is 2.99. The lowest BCUT2D eigenvalue weighted by Gasteiger charge is -2.10. The lowest BCUT2D eigenvalue weighted by molar-refractivity contribution is 0.297. The molecule has 0 atom stereocenters. The fourth-order valence-corrected chi connectivity index (χ4v) is 1.84. The first-order valence-electron chi connectivity index (χ1n) is 6.91. The summed E-state index contributed by atoms with van der Waals surface area (Å²) in [4.78, 5) is 0. The maximum Gasteiger partial charge on any atom is 0.134 e. The van der Waals surface area contributed by atoms with Gasteiger partial charge in [0.2, 0.25) is 0 Å². The maximum absolute atomic E-state index is 5.84. The van der Waals surface area contributed by atoms with E-state index in [0.29, 0.717) is 12.3 Å². The molecule has 0 bridgehead atoms. The van der Waals surface area contributed by atoms with Gasteiger partial charge < -0.3 is 4.74 Å². The minimum Gasteiger partial charge on any atom is -0.492 e. The molecule has 19 heavy (non-hydrogen) atoms. The van der Waals surface area contributed by atoms with E-state index in [1.54, 1.807) is 0 Å². The van der Waals surface area contributed by atoms with Crippen LogP contribution in [0, 0.1) is 24.7 Å². The van der Waals surface area contributed by atoms with Crippen LogP contribution in [0.15, 0.2) is 18.2 Å². The molecule has 0 radical (unpaired) electrons. The molecule has 0 aromatic heterocycles. The highest BCUT2D eigenvalue weighted by Gasteiger charge is 2.02. The first-order valence-corrected chi connectivity index (χ1v) is 7.45. The molecular weight excluding hydrogens is 256 g/mol. The molecule has 0 fully saturated rings. The highest BCUT2D eigenvalue weighted by Crippen LogP contribution is 2.19. The zero-order chi connectivity index (χ0) is 14.1. The summed E-state index contributed by atoms with van der Waals surface area (Å²) < 4.78 is 5.84. The predicted molar refractivity (Wildman–Crippen MR) is 83.0 cm³/mol. The highest BCUT2D eigenvalue weighted by molar-refractivity contribution is 6.18. The third kappa shape index (κ3) is 6.55. The van der Waals surface area contributed by atoms with Crippen molar-refractivity contribution in [2.24, 2.45) is 5.92 Å². The first kappa shape index (κ1) is 15.9. The van der Waals surface area contributed by atoms with Gasteiger partial charge in [-0.05, 0) is 43.4 Å². The van der Waals surface area contributed by atoms with Gasteiger partial charge in [0.1, 0.15) is 5.75 Å². The zero-order valence-corrected chi connectivity index (χ0v) is 12.9. The number of halogens is 1. The van der Waals surface area contributed by atoms with Gasteiger partial charge in [-0.3, -0.25) is 0 Å². The molecule has 0 aliphatic carbocycles. The topological polar surface area (TPSA) is 9.23 Å². The van der Waals surface area contributed by atoms with Crippen LogP contribution < -0.4 is 4.74 Å². The molecule has 0 N–H and O–H groups in total. The molecule has 0 spiro atoms. The second-order valence-electron chi connectivity index (χ2n) is 5.12. The van der Waals surface area contributed by atoms with Crippen LogP contribution >= 0.6 is 11.6 Å². The van der Waals surface area contributed by atoms with E-state index in [1.165, 1.54) is 12.0 Å². The monoisotopic (exact) mass is 278 g/mol. The zero-order valence-electron chi connectivity index (χ0n) is 12.1. The average molecular weight is 279 g/mol. The van der Waals surface area contributed by atoms with Gasteiger partial charge in [-0.25, -0.2) is 0 Å². The Morgan fingerprint density at radius 2 is 2.11 bits per heavy atom. The normalized spacial score (nSPS) is 10.2. The van der Waals surface area contributed by atoms with Crippen molar-refractivity contribution in [3.05, 3.63) is 29.3 Å². The van der Waals surface area contributed by atoms with Crippen LogP contribution in [0.3, 0.4) is 0 Å². The quantitative estimate of drug-likeness (QED) is 0.413. The average Bonchev–Trinajstić information content (AvgIpc) is 2.36. The second kappa shape index (κ2) is 8.88. The molecule has 2 heteroatoms. The predicted octanol–water partition coefficient (Wildman–Crippen LogP) is 4.79. The fraction of sp³-hybridized carbons (Fsp3) is 0.529. The van der Waals surface area contributed by atoms with Crippen LogP contribution in [0.1, 0.15) is 44.2 Å². The summed E-state index contributed by atoms with van der Waals surface area (Å²) in [5, 5.41) is 0. The summed E-state index contributed by atoms with van der Waals surface area (Å²) in [7, 11) is 0. The number of hydrogen-bond donors (Lipinski definition) is 0. The Balaban J connectivity index is 2.64. The Labute approximate surface area is 122 Å². The summed E-state index contributed by atoms with van der Waals surface area (Å²) in [6.45, 7) is 7.28. The number of rotatable bonds is 6. The maximum atomic E-state index is 5.84. The van der Waals surface area contributed by atoms with E-state index in [9.17, 15) is 0 Å². The van der Waals surface area contributed by atoms with Gasteiger partial charge in [0.25, 0.3) is 0 Å². The van der Waals surface area contributed by atoms with Crippen LogP contribution in [-0.2, 0) is 0 Å². The Bertz CT molecular complexity index is 440. The molecule has 0 saturated heterocycles. The molecule has 1 nitrogen and oxygen atoms in total. The first-order chi connectivity index (χ1) is 9.13. The second-order valence-corrected chi connectivity index (χ2v) is 5.50. The van der Waals surface area contributed by atoms with Crippen LogP contribution in [0.5, 0.6) is 5.75 Å². The largest absolute Gasteiger partial charge is 0.492 e. The molecule has 1 rings (SSSR count). The fourth-order valence-electron chi connectivity index (χ4n) is 1.75. The summed E-state index contributed by atoms with van der Waals surface area (Å²) in [5.74, 6) is 8.40. The van der Waals surface area contributed by atoms with Crippen molar-refractivity contribution in [1.82, 2.24) is 0 Å². The lowest BCUT2D eigenvalue weighted by atomic mass is 10.1. The van der Waals surface area contributed by atoms with Crippen molar-refractivity contribution < 1.29 is 4.74 Å². The molecular formula is C17H23ClO. The van der Waals surface area contributed by atoms with Crippen molar-refractivity contribution >= 4 is 11.6 Å². The molecule has 104 valence electrons. The van der Waals surface area contributed by atoms with Gasteiger partial charge in [-0.15, -0.1) is 11.6 Å². The molecule has 0 heterocycles. The summed E-state index contributed by atoms with van der Waals surface area (Å²) >= 11 is 5.64. The van der Waals surface area contributed by atoms with Crippen LogP contribution in [0.4, 0.5) is 0 Å². The van der Waals surface area contributed by atoms with Gasteiger partial charge >= 0.3 is 0 Å². The number of hydrogen-bond acceptors (Lipinski definition) is 1. The summed E-state index contributed by atoms with van der Waals surface area (Å²) in [5.41, 5.74) is 2.17. The molecule has 0 aliphatic rings. The number of aryl methyl sites for hydroxylation is 1. The molecule has 1 aromatic carbocycles. The van der Waals surface area contributed by atoms with E-state index < -0.39 is 0 Å². The van der Waals surface area contributed by atoms with Crippen molar-refractivity contribution in [3.63, 3.8) is 0 Å². The van der Waals surface area contributed by atoms with Gasteiger partial charge in [0.05, 0.1) is 12.2 Å². The molecule has 1 aromatic rings. The number of ether oxygens (including phenoxy) is 1. The number of alkyl halides is 1. The molecule has 0 saturated carbocycles. The third-order valence-electron chi connectivity index (χ3n) is 2.76. The van der Waals surface area contributed by atoms with E-state index >= 15 is 0 Å². The van der Waals surface area contributed by atoms with Crippen LogP contribution in [0.25, 0.3) is 0 Å². The minimum absolute atomic E-state index is 0.573. The SMILES string of the molecule is Cc1ccc(OCCCC(C)C)c(C#CCCCl)c1. The Kier molecular flexibility index (Phi) is 7.45. The van der Waals surface area contributed by atoms with Gasteiger partial charge in [0, 0.05) is 12.3 Å². The Morgan fingerprint density at radius 1 is 1.32 bits per heavy atom. The van der Waals surface area contributed by atoms with Gasteiger partial charge in [-0.2, -0.15) is 0 Å². The van der Waals surface area contributed by atoms with Crippen molar-refractivity contribution in [1.29, 1.82) is 0 Å². The van der Waals surface area contributed by atoms with Crippen LogP contribution in [-0.4, -0.2) is 12.5 Å². The van der Waals surface area contributed by atoms with E-state index in [-0.39, 0.29) is 0 Å². The minimum atomic E-state index is 0.573. The Morgan fingerprint density at radius 3 is 2.79 bits per heavy atom. The van der Waals surface area contributed by atoms with Gasteiger partial charge in [-0.1, -0.05) is 31.8 Å². The van der Waals surface area contributed by atoms with E-state index in [1.807, 2.05) is 6.07 Å². The smallest absolute Gasteiger partial charge is 0.134 e. The Hall–Kier alpha value is -1.13. The standard InChI is InChI=1S/C17H23ClO/c1-14(2)7-6-12-19-17-10-9-15(3)13-16(17)8-4-5-11-18/h9-10,13-14H,5-7,11-12H2,1-3H3. The van der Waals surface area contributed by atoms with Crippen molar-refractivity contribution in [2.45, 2.75) is 40.0 Å². The van der Waals surface area contributed by atoms with E-state index in [0.717, 1.165) is 30.3 Å². The molecule has 0 unspecified atom stereocenters. The molecule has 0 aliphatic heterocycles. The summed E-state index contributed by atoms with van der Waals surface area (Å²) in [6, 6.07) is 6.14. The molecule has 0 amide bonds. The van der Waals surface area contributed by atoms with Crippen LogP contribution in [0.2, 0.25) is 0 Å². The van der Waals surface area contributed by atoms with Crippen molar-refractivity contribution in [3.8, 4) is 17.6 Å². The van der Waals surface area contributed by atoms with E-state index in [2.05, 4.69) is 44.7 Å². The van der Waals surface area contributed by atoms with E-state index in [4.69, 9.17) is 16.3 Å². The lowest BCUT2D eigenvalue weighted by Crippen LogP contribution is -2.01. The van der Waals surface area contributed by atoms with Gasteiger partial charge in [0.15, 0.2) is 0 Å². The highest BCUT2D eigenvalue weighted by atomic mass is 35.5.